The predicted molar refractivity (Wildman–Crippen MR) is 71.6 cm³/mol. The van der Waals surface area contributed by atoms with Crippen LogP contribution in [-0.2, 0) is 14.3 Å². The number of unbranched alkanes of at least 4 members (excludes halogenated alkanes) is 2. The van der Waals surface area contributed by atoms with Crippen LogP contribution in [0, 0.1) is 0 Å². The molecule has 0 N–H and O–H groups in total. The number of fused-ring (bicyclic) bond motifs is 1. The lowest BCUT2D eigenvalue weighted by atomic mass is 10.1. The molecule has 0 aliphatic carbocycles. The third-order valence-electron chi connectivity index (χ3n) is 4.18. The van der Waals surface area contributed by atoms with Crippen LogP contribution in [0.1, 0.15) is 39.0 Å². The summed E-state index contributed by atoms with van der Waals surface area (Å²) in [6.07, 6.45) is 4.77. The van der Waals surface area contributed by atoms with Gasteiger partial charge in [-0.25, -0.2) is 0 Å². The Morgan fingerprint density at radius 2 is 2.00 bits per heavy atom. The Kier molecular flexibility index (Phi) is 4.80. The van der Waals surface area contributed by atoms with Crippen molar-refractivity contribution in [2.24, 2.45) is 0 Å². The van der Waals surface area contributed by atoms with E-state index in [-0.39, 0.29) is 23.9 Å². The lowest BCUT2D eigenvalue weighted by molar-refractivity contribution is -0.158. The summed E-state index contributed by atoms with van der Waals surface area (Å²) in [5, 5.41) is 0. The number of rotatable bonds is 6. The quantitative estimate of drug-likeness (QED) is 0.676. The van der Waals surface area contributed by atoms with Crippen LogP contribution in [-0.4, -0.2) is 60.5 Å². The van der Waals surface area contributed by atoms with E-state index in [1.807, 2.05) is 6.92 Å². The molecule has 2 aliphatic heterocycles. The van der Waals surface area contributed by atoms with Crippen LogP contribution in [0.4, 0.5) is 0 Å². The van der Waals surface area contributed by atoms with Gasteiger partial charge in [-0.3, -0.25) is 9.59 Å². The average molecular weight is 268 g/mol. The molecular weight excluding hydrogens is 244 g/mol. The van der Waals surface area contributed by atoms with Gasteiger partial charge in [0.05, 0.1) is 0 Å². The summed E-state index contributed by atoms with van der Waals surface area (Å²) in [6, 6.07) is -0.466. The van der Waals surface area contributed by atoms with Gasteiger partial charge in [0.1, 0.15) is 12.1 Å². The van der Waals surface area contributed by atoms with Gasteiger partial charge in [0, 0.05) is 26.8 Å². The highest BCUT2D eigenvalue weighted by atomic mass is 16.5. The zero-order chi connectivity index (χ0) is 13.8. The fourth-order valence-corrected chi connectivity index (χ4v) is 3.05. The zero-order valence-electron chi connectivity index (χ0n) is 11.9. The van der Waals surface area contributed by atoms with Gasteiger partial charge in [0.15, 0.2) is 0 Å². The minimum atomic E-state index is -0.288. The van der Waals surface area contributed by atoms with E-state index in [1.165, 1.54) is 0 Å². The summed E-state index contributed by atoms with van der Waals surface area (Å²) in [7, 11) is 1.70. The molecule has 0 aromatic rings. The number of ether oxygens (including phenoxy) is 1. The predicted octanol–water partition coefficient (Wildman–Crippen LogP) is 1.02. The molecule has 19 heavy (non-hydrogen) atoms. The second kappa shape index (κ2) is 6.37. The first kappa shape index (κ1) is 14.3. The minimum absolute atomic E-state index is 0.124. The number of carbonyl (C=O) groups excluding carboxylic acids is 2. The Morgan fingerprint density at radius 1 is 1.21 bits per heavy atom. The van der Waals surface area contributed by atoms with Crippen LogP contribution in [0.2, 0.25) is 0 Å². The van der Waals surface area contributed by atoms with Gasteiger partial charge in [-0.1, -0.05) is 0 Å². The van der Waals surface area contributed by atoms with Crippen LogP contribution in [0.15, 0.2) is 0 Å². The summed E-state index contributed by atoms with van der Waals surface area (Å²) in [4.78, 5) is 28.2. The molecule has 2 atom stereocenters. The van der Waals surface area contributed by atoms with Crippen LogP contribution in [0.5, 0.6) is 0 Å². The van der Waals surface area contributed by atoms with Crippen molar-refractivity contribution in [3.63, 3.8) is 0 Å². The molecule has 108 valence electrons. The van der Waals surface area contributed by atoms with Crippen molar-refractivity contribution in [3.8, 4) is 0 Å². The summed E-state index contributed by atoms with van der Waals surface area (Å²) in [6.45, 7) is 4.06. The zero-order valence-corrected chi connectivity index (χ0v) is 11.9. The van der Waals surface area contributed by atoms with Crippen molar-refractivity contribution in [2.45, 2.75) is 51.1 Å². The number of piperazine rings is 1. The highest BCUT2D eigenvalue weighted by molar-refractivity contribution is 5.97. The molecule has 2 fully saturated rings. The van der Waals surface area contributed by atoms with Crippen molar-refractivity contribution in [3.05, 3.63) is 0 Å². The number of nitrogens with zero attached hydrogens (tertiary/aromatic N) is 2. The first-order valence-corrected chi connectivity index (χ1v) is 7.26. The SMILES string of the molecule is COCCCCCN1C(=O)C2CCCN2C(=O)C1C. The lowest BCUT2D eigenvalue weighted by Crippen LogP contribution is -2.61. The Bertz CT molecular complexity index is 346. The molecule has 0 aromatic carbocycles. The van der Waals surface area contributed by atoms with Crippen molar-refractivity contribution >= 4 is 11.8 Å². The third-order valence-corrected chi connectivity index (χ3v) is 4.18. The molecule has 0 saturated carbocycles. The molecule has 2 saturated heterocycles. The summed E-state index contributed by atoms with van der Waals surface area (Å²) < 4.78 is 5.01. The Hall–Kier alpha value is -1.10. The molecular formula is C14H24N2O3. The highest BCUT2D eigenvalue weighted by Gasteiger charge is 2.45. The molecule has 2 rings (SSSR count). The van der Waals surface area contributed by atoms with Crippen LogP contribution < -0.4 is 0 Å². The number of carbonyl (C=O) groups is 2. The van der Waals surface area contributed by atoms with Gasteiger partial charge in [-0.2, -0.15) is 0 Å². The number of amides is 2. The molecule has 2 unspecified atom stereocenters. The Morgan fingerprint density at radius 3 is 2.74 bits per heavy atom. The molecule has 2 heterocycles. The first-order chi connectivity index (χ1) is 9.16. The Balaban J connectivity index is 1.88. The van der Waals surface area contributed by atoms with Gasteiger partial charge < -0.3 is 14.5 Å². The van der Waals surface area contributed by atoms with E-state index >= 15 is 0 Å². The fraction of sp³-hybridized carbons (Fsp3) is 0.857. The topological polar surface area (TPSA) is 49.9 Å². The smallest absolute Gasteiger partial charge is 0.246 e. The van der Waals surface area contributed by atoms with E-state index in [0.29, 0.717) is 6.54 Å². The maximum Gasteiger partial charge on any atom is 0.246 e. The lowest BCUT2D eigenvalue weighted by Gasteiger charge is -2.41. The highest BCUT2D eigenvalue weighted by Crippen LogP contribution is 2.26. The second-order valence-corrected chi connectivity index (χ2v) is 5.45. The largest absolute Gasteiger partial charge is 0.385 e. The number of hydrogen-bond donors (Lipinski definition) is 0. The monoisotopic (exact) mass is 268 g/mol. The maximum absolute atomic E-state index is 12.4. The maximum atomic E-state index is 12.4. The van der Waals surface area contributed by atoms with Gasteiger partial charge in [-0.05, 0) is 39.0 Å². The number of methoxy groups -OCH3 is 1. The standard InChI is InChI=1S/C14H24N2O3/c1-11-13(17)16-9-6-7-12(16)14(18)15(11)8-4-3-5-10-19-2/h11-12H,3-10H2,1-2H3. The molecule has 0 radical (unpaired) electrons. The summed E-state index contributed by atoms with van der Waals surface area (Å²) in [5.74, 6) is 0.273. The van der Waals surface area contributed by atoms with Gasteiger partial charge >= 0.3 is 0 Å². The van der Waals surface area contributed by atoms with E-state index in [4.69, 9.17) is 4.74 Å². The molecule has 2 amide bonds. The van der Waals surface area contributed by atoms with Crippen LogP contribution >= 0.6 is 0 Å². The fourth-order valence-electron chi connectivity index (χ4n) is 3.05. The van der Waals surface area contributed by atoms with E-state index < -0.39 is 0 Å². The first-order valence-electron chi connectivity index (χ1n) is 7.26. The molecule has 0 aromatic heterocycles. The van der Waals surface area contributed by atoms with Crippen molar-refractivity contribution in [1.82, 2.24) is 9.80 Å². The average Bonchev–Trinajstić information content (AvgIpc) is 2.89. The van der Waals surface area contributed by atoms with Gasteiger partial charge in [0.2, 0.25) is 11.8 Å². The van der Waals surface area contributed by atoms with Crippen molar-refractivity contribution in [2.75, 3.05) is 26.8 Å². The molecule has 2 aliphatic rings. The molecule has 5 nitrogen and oxygen atoms in total. The second-order valence-electron chi connectivity index (χ2n) is 5.45. The third kappa shape index (κ3) is 2.91. The normalized spacial score (nSPS) is 27.1. The minimum Gasteiger partial charge on any atom is -0.385 e. The Labute approximate surface area is 114 Å². The van der Waals surface area contributed by atoms with E-state index in [9.17, 15) is 9.59 Å². The van der Waals surface area contributed by atoms with Crippen molar-refractivity contribution < 1.29 is 14.3 Å². The van der Waals surface area contributed by atoms with Crippen LogP contribution in [0.25, 0.3) is 0 Å². The molecule has 5 heteroatoms. The summed E-state index contributed by atoms with van der Waals surface area (Å²) >= 11 is 0. The van der Waals surface area contributed by atoms with Gasteiger partial charge in [-0.15, -0.1) is 0 Å². The van der Waals surface area contributed by atoms with E-state index in [1.54, 1.807) is 16.9 Å². The van der Waals surface area contributed by atoms with Gasteiger partial charge in [0.25, 0.3) is 0 Å². The van der Waals surface area contributed by atoms with Crippen molar-refractivity contribution in [1.29, 1.82) is 0 Å². The molecule has 0 spiro atoms. The van der Waals surface area contributed by atoms with Crippen LogP contribution in [0.3, 0.4) is 0 Å². The van der Waals surface area contributed by atoms with E-state index in [2.05, 4.69) is 0 Å². The summed E-state index contributed by atoms with van der Waals surface area (Å²) in [5.41, 5.74) is 0. The van der Waals surface area contributed by atoms with E-state index in [0.717, 1.165) is 45.3 Å². The number of hydrogen-bond acceptors (Lipinski definition) is 3. The molecule has 0 bridgehead atoms.